The van der Waals surface area contributed by atoms with E-state index in [1.807, 2.05) is 49.1 Å². The molecule has 4 rings (SSSR count). The summed E-state index contributed by atoms with van der Waals surface area (Å²) in [6.45, 7) is 5.02. The van der Waals surface area contributed by atoms with Crippen molar-refractivity contribution in [2.75, 3.05) is 45.3 Å². The molecule has 0 saturated carbocycles. The number of carbonyl (C=O) groups excluding carboxylic acids is 1. The van der Waals surface area contributed by atoms with Crippen molar-refractivity contribution in [2.24, 2.45) is 0 Å². The third-order valence-corrected chi connectivity index (χ3v) is 6.71. The minimum atomic E-state index is -0.953. The Hall–Kier alpha value is -3.54. The number of methoxy groups -OCH3 is 1. The summed E-state index contributed by atoms with van der Waals surface area (Å²) in [5, 5.41) is 20.3. The number of carbonyl (C=O) groups is 1. The molecule has 1 aliphatic heterocycles. The Bertz CT molecular complexity index is 1240. The molecule has 1 unspecified atom stereocenters. The molecule has 3 aromatic rings. The van der Waals surface area contributed by atoms with Gasteiger partial charge < -0.3 is 19.9 Å². The predicted molar refractivity (Wildman–Crippen MR) is 139 cm³/mol. The largest absolute Gasteiger partial charge is 0.477 e. The number of urea groups is 1. The zero-order valence-corrected chi connectivity index (χ0v) is 21.7. The van der Waals surface area contributed by atoms with Gasteiger partial charge in [-0.25, -0.2) is 18.3 Å². The van der Waals surface area contributed by atoms with Gasteiger partial charge in [-0.1, -0.05) is 24.3 Å². The van der Waals surface area contributed by atoms with E-state index >= 15 is 0 Å². The second-order valence-electron chi connectivity index (χ2n) is 9.19. The highest BCUT2D eigenvalue weighted by Crippen LogP contribution is 2.31. The first kappa shape index (κ1) is 27.5. The Balaban J connectivity index is 1.59. The normalized spacial score (nSPS) is 18.4. The van der Waals surface area contributed by atoms with Gasteiger partial charge in [-0.05, 0) is 43.7 Å². The number of anilines is 1. The number of halogens is 2. The highest BCUT2D eigenvalue weighted by Gasteiger charge is 2.38. The van der Waals surface area contributed by atoms with Gasteiger partial charge >= 0.3 is 6.03 Å². The summed E-state index contributed by atoms with van der Waals surface area (Å²) in [6, 6.07) is 11.9. The van der Waals surface area contributed by atoms with E-state index in [1.54, 1.807) is 11.8 Å². The smallest absolute Gasteiger partial charge is 0.320 e. The molecule has 1 aromatic heterocycles. The van der Waals surface area contributed by atoms with E-state index in [0.717, 1.165) is 17.8 Å². The molecule has 3 N–H and O–H groups in total. The van der Waals surface area contributed by atoms with Crippen LogP contribution in [0.2, 0.25) is 0 Å². The van der Waals surface area contributed by atoms with Crippen LogP contribution in [0.1, 0.15) is 24.0 Å². The maximum Gasteiger partial charge on any atom is 0.320 e. The number of aliphatic hydroxyl groups is 1. The van der Waals surface area contributed by atoms with Gasteiger partial charge in [-0.15, -0.1) is 5.10 Å². The Labute approximate surface area is 220 Å². The molecule has 1 saturated heterocycles. The molecule has 0 bridgehead atoms. The second-order valence-corrected chi connectivity index (χ2v) is 9.19. The SMILES string of the molecule is CCOc1nn(-c2ccccc2)c(NC(=O)N[C@@H]2CN(C(CO)COC)C[C@H]2c2ccc(F)c(F)c2)c1C. The Kier molecular flexibility index (Phi) is 8.93. The number of hydrogen-bond donors (Lipinski definition) is 3. The summed E-state index contributed by atoms with van der Waals surface area (Å²) in [7, 11) is 1.55. The number of benzene rings is 2. The Morgan fingerprint density at radius 3 is 2.61 bits per heavy atom. The van der Waals surface area contributed by atoms with Crippen molar-refractivity contribution in [2.45, 2.75) is 31.8 Å². The molecular weight excluding hydrogens is 496 g/mol. The maximum absolute atomic E-state index is 14.1. The number of nitrogens with one attached hydrogen (secondary N) is 2. The fraction of sp³-hybridized carbons (Fsp3) is 0.407. The molecule has 0 radical (unpaired) electrons. The summed E-state index contributed by atoms with van der Waals surface area (Å²) in [5.74, 6) is -1.38. The van der Waals surface area contributed by atoms with Crippen LogP contribution in [0.4, 0.5) is 19.4 Å². The number of nitrogens with zero attached hydrogens (tertiary/aromatic N) is 3. The summed E-state index contributed by atoms with van der Waals surface area (Å²) in [4.78, 5) is 15.3. The molecule has 2 aromatic carbocycles. The minimum absolute atomic E-state index is 0.146. The number of hydrogen-bond acceptors (Lipinski definition) is 6. The first-order valence-electron chi connectivity index (χ1n) is 12.5. The molecule has 38 heavy (non-hydrogen) atoms. The molecule has 0 aliphatic carbocycles. The summed E-state index contributed by atoms with van der Waals surface area (Å²) in [6.07, 6.45) is 0. The van der Waals surface area contributed by atoms with Crippen LogP contribution in [-0.2, 0) is 4.74 Å². The Morgan fingerprint density at radius 1 is 1.18 bits per heavy atom. The summed E-state index contributed by atoms with van der Waals surface area (Å²) >= 11 is 0. The van der Waals surface area contributed by atoms with Crippen LogP contribution in [-0.4, -0.2) is 77.9 Å². The first-order chi connectivity index (χ1) is 18.4. The summed E-state index contributed by atoms with van der Waals surface area (Å²) in [5.41, 5.74) is 1.96. The third-order valence-electron chi connectivity index (χ3n) is 6.71. The number of rotatable bonds is 10. The summed E-state index contributed by atoms with van der Waals surface area (Å²) < 4.78 is 40.2. The fourth-order valence-electron chi connectivity index (χ4n) is 4.79. The molecule has 2 amide bonds. The molecule has 1 fully saturated rings. The molecular formula is C27H33F2N5O4. The average Bonchev–Trinajstić information content (AvgIpc) is 3.46. The standard InChI is InChI=1S/C27H33F2N5O4/c1-4-38-26-17(2)25(34(32-26)19-8-6-5-7-9-19)31-27(36)30-24-14-33(20(15-35)16-37-3)13-21(24)18-10-11-22(28)23(29)12-18/h5-12,20-21,24,35H,4,13-16H2,1-3H3,(H2,30,31,36)/t20?,21-,24+/m0/s1. The number of ether oxygens (including phenoxy) is 2. The van der Waals surface area contributed by atoms with Crippen LogP contribution in [0.15, 0.2) is 48.5 Å². The van der Waals surface area contributed by atoms with Crippen molar-refractivity contribution < 1.29 is 28.2 Å². The average molecular weight is 530 g/mol. The number of amides is 2. The van der Waals surface area contributed by atoms with Crippen LogP contribution in [0.3, 0.4) is 0 Å². The van der Waals surface area contributed by atoms with Crippen LogP contribution < -0.4 is 15.4 Å². The quantitative estimate of drug-likeness (QED) is 0.372. The fourth-order valence-corrected chi connectivity index (χ4v) is 4.79. The topological polar surface area (TPSA) is 101 Å². The van der Waals surface area contributed by atoms with E-state index in [1.165, 1.54) is 6.07 Å². The Morgan fingerprint density at radius 2 is 1.95 bits per heavy atom. The van der Waals surface area contributed by atoms with E-state index in [4.69, 9.17) is 9.47 Å². The van der Waals surface area contributed by atoms with Gasteiger partial charge in [0.2, 0.25) is 5.88 Å². The third kappa shape index (κ3) is 5.95. The molecule has 204 valence electrons. The zero-order valence-electron chi connectivity index (χ0n) is 21.7. The van der Waals surface area contributed by atoms with Gasteiger partial charge in [-0.3, -0.25) is 10.2 Å². The molecule has 9 nitrogen and oxygen atoms in total. The lowest BCUT2D eigenvalue weighted by Crippen LogP contribution is -2.44. The number of likely N-dealkylation sites (tertiary alicyclic amines) is 1. The minimum Gasteiger partial charge on any atom is -0.477 e. The highest BCUT2D eigenvalue weighted by atomic mass is 19.2. The van der Waals surface area contributed by atoms with Gasteiger partial charge in [0.1, 0.15) is 5.82 Å². The molecule has 1 aliphatic rings. The zero-order chi connectivity index (χ0) is 27.2. The van der Waals surface area contributed by atoms with Gasteiger partial charge in [0, 0.05) is 26.1 Å². The van der Waals surface area contributed by atoms with Crippen LogP contribution in [0.5, 0.6) is 5.88 Å². The molecule has 0 spiro atoms. The monoisotopic (exact) mass is 529 g/mol. The van der Waals surface area contributed by atoms with Crippen LogP contribution >= 0.6 is 0 Å². The van der Waals surface area contributed by atoms with E-state index in [2.05, 4.69) is 15.7 Å². The highest BCUT2D eigenvalue weighted by molar-refractivity contribution is 5.90. The lowest BCUT2D eigenvalue weighted by molar-refractivity contribution is 0.0641. The van der Waals surface area contributed by atoms with E-state index < -0.39 is 23.7 Å². The van der Waals surface area contributed by atoms with Crippen molar-refractivity contribution in [3.05, 3.63) is 71.3 Å². The first-order valence-corrected chi connectivity index (χ1v) is 12.5. The second kappa shape index (κ2) is 12.3. The van der Waals surface area contributed by atoms with Crippen molar-refractivity contribution in [3.8, 4) is 11.6 Å². The van der Waals surface area contributed by atoms with Crippen molar-refractivity contribution in [1.29, 1.82) is 0 Å². The number of para-hydroxylation sites is 1. The van der Waals surface area contributed by atoms with Crippen LogP contribution in [0, 0.1) is 18.6 Å². The van der Waals surface area contributed by atoms with Gasteiger partial charge in [0.15, 0.2) is 11.6 Å². The molecule has 3 atom stereocenters. The lowest BCUT2D eigenvalue weighted by Gasteiger charge is -2.25. The van der Waals surface area contributed by atoms with E-state index in [9.17, 15) is 18.7 Å². The predicted octanol–water partition coefficient (Wildman–Crippen LogP) is 3.45. The maximum atomic E-state index is 14.1. The van der Waals surface area contributed by atoms with E-state index in [-0.39, 0.29) is 25.2 Å². The van der Waals surface area contributed by atoms with Gasteiger partial charge in [-0.2, -0.15) is 0 Å². The van der Waals surface area contributed by atoms with Crippen molar-refractivity contribution in [1.82, 2.24) is 20.0 Å². The van der Waals surface area contributed by atoms with Gasteiger partial charge in [0.25, 0.3) is 0 Å². The number of aromatic nitrogens is 2. The lowest BCUT2D eigenvalue weighted by atomic mass is 9.94. The van der Waals surface area contributed by atoms with Crippen molar-refractivity contribution in [3.63, 3.8) is 0 Å². The van der Waals surface area contributed by atoms with E-state index in [0.29, 0.717) is 42.5 Å². The van der Waals surface area contributed by atoms with Crippen LogP contribution in [0.25, 0.3) is 5.69 Å². The van der Waals surface area contributed by atoms with Gasteiger partial charge in [0.05, 0.1) is 43.2 Å². The molecule has 11 heteroatoms. The van der Waals surface area contributed by atoms with Crippen molar-refractivity contribution >= 4 is 11.8 Å². The number of aliphatic hydroxyl groups excluding tert-OH is 1. The molecule has 2 heterocycles.